The number of hydrogen-bond acceptors (Lipinski definition) is 5. The Morgan fingerprint density at radius 1 is 1.17 bits per heavy atom. The summed E-state index contributed by atoms with van der Waals surface area (Å²) in [5.41, 5.74) is 3.46. The predicted molar refractivity (Wildman–Crippen MR) is 88.1 cm³/mol. The highest BCUT2D eigenvalue weighted by atomic mass is 16.5. The highest BCUT2D eigenvalue weighted by Gasteiger charge is 2.09. The van der Waals surface area contributed by atoms with Crippen molar-refractivity contribution in [3.8, 4) is 11.5 Å². The third-order valence-electron chi connectivity index (χ3n) is 2.87. The Labute approximate surface area is 135 Å². The van der Waals surface area contributed by atoms with Crippen molar-refractivity contribution < 1.29 is 14.3 Å². The number of aromatic nitrogens is 1. The van der Waals surface area contributed by atoms with Gasteiger partial charge in [0.25, 0.3) is 5.91 Å². The lowest BCUT2D eigenvalue weighted by Gasteiger charge is -2.12. The van der Waals surface area contributed by atoms with Crippen molar-refractivity contribution in [2.24, 2.45) is 5.10 Å². The van der Waals surface area contributed by atoms with Crippen molar-refractivity contribution in [2.45, 2.75) is 13.8 Å². The number of carbonyl (C=O) groups excluding carboxylic acids is 1. The Hall–Kier alpha value is -2.89. The number of hydrazone groups is 1. The van der Waals surface area contributed by atoms with Crippen molar-refractivity contribution in [3.63, 3.8) is 0 Å². The van der Waals surface area contributed by atoms with E-state index in [4.69, 9.17) is 9.47 Å². The number of carbonyl (C=O) groups is 1. The molecule has 2 aromatic rings. The average Bonchev–Trinajstić information content (AvgIpc) is 2.58. The van der Waals surface area contributed by atoms with E-state index in [0.29, 0.717) is 30.4 Å². The molecule has 0 aliphatic rings. The van der Waals surface area contributed by atoms with Crippen LogP contribution in [-0.2, 0) is 0 Å². The number of benzene rings is 1. The van der Waals surface area contributed by atoms with Gasteiger partial charge < -0.3 is 9.47 Å². The van der Waals surface area contributed by atoms with Crippen LogP contribution in [0.4, 0.5) is 0 Å². The zero-order valence-electron chi connectivity index (χ0n) is 13.2. The predicted octanol–water partition coefficient (Wildman–Crippen LogP) is 2.64. The Morgan fingerprint density at radius 3 is 2.70 bits per heavy atom. The fraction of sp³-hybridized carbons (Fsp3) is 0.235. The molecular weight excluding hydrogens is 294 g/mol. The average molecular weight is 313 g/mol. The topological polar surface area (TPSA) is 72.8 Å². The SMILES string of the molecule is CCOc1cccc(/C=N/NC(=O)c2ccccn2)c1OCC. The largest absolute Gasteiger partial charge is 0.490 e. The van der Waals surface area contributed by atoms with Crippen LogP contribution in [-0.4, -0.2) is 30.3 Å². The van der Waals surface area contributed by atoms with E-state index in [1.807, 2.05) is 32.0 Å². The number of para-hydroxylation sites is 1. The van der Waals surface area contributed by atoms with Gasteiger partial charge in [-0.05, 0) is 38.1 Å². The van der Waals surface area contributed by atoms with Crippen molar-refractivity contribution in [1.82, 2.24) is 10.4 Å². The maximum Gasteiger partial charge on any atom is 0.289 e. The van der Waals surface area contributed by atoms with E-state index >= 15 is 0 Å². The second-order valence-corrected chi connectivity index (χ2v) is 4.45. The van der Waals surface area contributed by atoms with Gasteiger partial charge in [0.2, 0.25) is 0 Å². The lowest BCUT2D eigenvalue weighted by molar-refractivity contribution is 0.0950. The minimum absolute atomic E-state index is 0.303. The molecule has 120 valence electrons. The molecule has 6 heteroatoms. The van der Waals surface area contributed by atoms with Gasteiger partial charge >= 0.3 is 0 Å². The fourth-order valence-electron chi connectivity index (χ4n) is 1.92. The Kier molecular flexibility index (Phi) is 6.11. The number of amides is 1. The van der Waals surface area contributed by atoms with Crippen molar-refractivity contribution in [1.29, 1.82) is 0 Å². The molecule has 23 heavy (non-hydrogen) atoms. The first-order chi connectivity index (χ1) is 11.3. The molecule has 0 saturated carbocycles. The molecule has 2 rings (SSSR count). The van der Waals surface area contributed by atoms with E-state index in [2.05, 4.69) is 15.5 Å². The quantitative estimate of drug-likeness (QED) is 0.630. The molecule has 0 radical (unpaired) electrons. The summed E-state index contributed by atoms with van der Waals surface area (Å²) in [4.78, 5) is 15.8. The van der Waals surface area contributed by atoms with Gasteiger partial charge in [0.05, 0.1) is 19.4 Å². The minimum atomic E-state index is -0.374. The van der Waals surface area contributed by atoms with Crippen molar-refractivity contribution >= 4 is 12.1 Å². The molecular formula is C17H19N3O3. The second-order valence-electron chi connectivity index (χ2n) is 4.45. The summed E-state index contributed by atoms with van der Waals surface area (Å²) in [5.74, 6) is 0.878. The molecule has 1 aromatic heterocycles. The number of pyridine rings is 1. The van der Waals surface area contributed by atoms with E-state index < -0.39 is 0 Å². The molecule has 0 saturated heterocycles. The molecule has 0 aliphatic heterocycles. The zero-order chi connectivity index (χ0) is 16.5. The van der Waals surface area contributed by atoms with Gasteiger partial charge in [0.15, 0.2) is 11.5 Å². The van der Waals surface area contributed by atoms with Gasteiger partial charge in [0.1, 0.15) is 5.69 Å². The van der Waals surface area contributed by atoms with E-state index in [0.717, 1.165) is 5.56 Å². The lowest BCUT2D eigenvalue weighted by Crippen LogP contribution is -2.18. The first kappa shape index (κ1) is 16.5. The van der Waals surface area contributed by atoms with Crippen LogP contribution in [0.3, 0.4) is 0 Å². The maximum absolute atomic E-state index is 11.9. The molecule has 0 atom stereocenters. The summed E-state index contributed by atoms with van der Waals surface area (Å²) < 4.78 is 11.2. The number of ether oxygens (including phenoxy) is 2. The van der Waals surface area contributed by atoms with Crippen LogP contribution in [0, 0.1) is 0 Å². The lowest BCUT2D eigenvalue weighted by atomic mass is 10.2. The van der Waals surface area contributed by atoms with Gasteiger partial charge in [0, 0.05) is 11.8 Å². The van der Waals surface area contributed by atoms with E-state index in [1.165, 1.54) is 6.21 Å². The summed E-state index contributed by atoms with van der Waals surface area (Å²) in [6.45, 7) is 4.85. The van der Waals surface area contributed by atoms with Crippen LogP contribution >= 0.6 is 0 Å². The highest BCUT2D eigenvalue weighted by Crippen LogP contribution is 2.30. The summed E-state index contributed by atoms with van der Waals surface area (Å²) in [7, 11) is 0. The minimum Gasteiger partial charge on any atom is -0.490 e. The molecule has 1 amide bonds. The van der Waals surface area contributed by atoms with Crippen LogP contribution in [0.2, 0.25) is 0 Å². The molecule has 1 heterocycles. The first-order valence-electron chi connectivity index (χ1n) is 7.39. The van der Waals surface area contributed by atoms with Crippen LogP contribution in [0.1, 0.15) is 29.9 Å². The van der Waals surface area contributed by atoms with E-state index in [9.17, 15) is 4.79 Å². The van der Waals surface area contributed by atoms with Gasteiger partial charge in [-0.1, -0.05) is 12.1 Å². The molecule has 0 aliphatic carbocycles. The maximum atomic E-state index is 11.9. The standard InChI is InChI=1S/C17H19N3O3/c1-3-22-15-10-7-8-13(16(15)23-4-2)12-19-20-17(21)14-9-5-6-11-18-14/h5-12H,3-4H2,1-2H3,(H,20,21)/b19-12+. The Balaban J connectivity index is 2.12. The van der Waals surface area contributed by atoms with Gasteiger partial charge in [-0.15, -0.1) is 0 Å². The number of hydrogen-bond donors (Lipinski definition) is 1. The van der Waals surface area contributed by atoms with Crippen LogP contribution in [0.5, 0.6) is 11.5 Å². The smallest absolute Gasteiger partial charge is 0.289 e. The monoisotopic (exact) mass is 313 g/mol. The third kappa shape index (κ3) is 4.54. The number of rotatable bonds is 7. The molecule has 0 unspecified atom stereocenters. The van der Waals surface area contributed by atoms with Gasteiger partial charge in [-0.3, -0.25) is 9.78 Å². The first-order valence-corrected chi connectivity index (χ1v) is 7.39. The molecule has 0 bridgehead atoms. The van der Waals surface area contributed by atoms with Crippen LogP contribution < -0.4 is 14.9 Å². The van der Waals surface area contributed by atoms with Gasteiger partial charge in [-0.2, -0.15) is 5.10 Å². The Bertz CT molecular complexity index is 672. The summed E-state index contributed by atoms with van der Waals surface area (Å²) in [6, 6.07) is 10.6. The normalized spacial score (nSPS) is 10.5. The zero-order valence-corrected chi connectivity index (χ0v) is 13.2. The molecule has 0 fully saturated rings. The Morgan fingerprint density at radius 2 is 2.00 bits per heavy atom. The van der Waals surface area contributed by atoms with Crippen LogP contribution in [0.15, 0.2) is 47.7 Å². The van der Waals surface area contributed by atoms with Crippen molar-refractivity contribution in [3.05, 3.63) is 53.9 Å². The fourth-order valence-corrected chi connectivity index (χ4v) is 1.92. The molecule has 0 spiro atoms. The summed E-state index contributed by atoms with van der Waals surface area (Å²) >= 11 is 0. The molecule has 1 N–H and O–H groups in total. The van der Waals surface area contributed by atoms with E-state index in [-0.39, 0.29) is 5.91 Å². The summed E-state index contributed by atoms with van der Waals surface area (Å²) in [5, 5.41) is 3.96. The highest BCUT2D eigenvalue weighted by molar-refractivity contribution is 5.93. The van der Waals surface area contributed by atoms with Gasteiger partial charge in [-0.25, -0.2) is 5.43 Å². The third-order valence-corrected chi connectivity index (χ3v) is 2.87. The van der Waals surface area contributed by atoms with E-state index in [1.54, 1.807) is 24.4 Å². The number of nitrogens with one attached hydrogen (secondary N) is 1. The molecule has 1 aromatic carbocycles. The second kappa shape index (κ2) is 8.53. The summed E-state index contributed by atoms with van der Waals surface area (Å²) in [6.07, 6.45) is 3.08. The van der Waals surface area contributed by atoms with Crippen molar-refractivity contribution in [2.75, 3.05) is 13.2 Å². The number of nitrogens with zero attached hydrogens (tertiary/aromatic N) is 2. The molecule has 6 nitrogen and oxygen atoms in total. The van der Waals surface area contributed by atoms with Crippen LogP contribution in [0.25, 0.3) is 0 Å².